The van der Waals surface area contributed by atoms with Gasteiger partial charge in [-0.25, -0.2) is 4.98 Å². The smallest absolute Gasteiger partial charge is 0.166 e. The SMILES string of the molecule is COc1cc(CSc2nc3cscc3[nH]2)ncc1Cl.Cl.Cl. The van der Waals surface area contributed by atoms with E-state index in [2.05, 4.69) is 20.3 Å². The maximum Gasteiger partial charge on any atom is 0.166 e. The summed E-state index contributed by atoms with van der Waals surface area (Å²) in [7, 11) is 1.60. The molecule has 1 N–H and O–H groups in total. The number of fused-ring (bicyclic) bond motifs is 1. The average Bonchev–Trinajstić information content (AvgIpc) is 2.98. The van der Waals surface area contributed by atoms with E-state index >= 15 is 0 Å². The maximum absolute atomic E-state index is 5.94. The number of thioether (sulfide) groups is 1. The number of pyridine rings is 1. The molecule has 0 amide bonds. The van der Waals surface area contributed by atoms with Crippen molar-refractivity contribution in [3.05, 3.63) is 33.7 Å². The van der Waals surface area contributed by atoms with Gasteiger partial charge in [0.05, 0.1) is 18.3 Å². The molecule has 114 valence electrons. The number of thiophene rings is 1. The molecule has 3 heterocycles. The van der Waals surface area contributed by atoms with E-state index in [4.69, 9.17) is 16.3 Å². The first-order chi connectivity index (χ1) is 9.26. The van der Waals surface area contributed by atoms with Crippen molar-refractivity contribution in [2.24, 2.45) is 0 Å². The fraction of sp³-hybridized carbons (Fsp3) is 0.167. The van der Waals surface area contributed by atoms with E-state index in [0.717, 1.165) is 21.9 Å². The lowest BCUT2D eigenvalue weighted by Crippen LogP contribution is -1.91. The third-order valence-corrected chi connectivity index (χ3v) is 4.48. The van der Waals surface area contributed by atoms with Crippen LogP contribution in [0.25, 0.3) is 11.0 Å². The van der Waals surface area contributed by atoms with Crippen molar-refractivity contribution < 1.29 is 4.74 Å². The van der Waals surface area contributed by atoms with Gasteiger partial charge < -0.3 is 9.72 Å². The van der Waals surface area contributed by atoms with Crippen LogP contribution >= 0.6 is 59.5 Å². The summed E-state index contributed by atoms with van der Waals surface area (Å²) in [5.41, 5.74) is 2.99. The molecule has 0 aliphatic heterocycles. The fourth-order valence-corrected chi connectivity index (χ4v) is 3.29. The highest BCUT2D eigenvalue weighted by molar-refractivity contribution is 7.98. The van der Waals surface area contributed by atoms with Crippen LogP contribution in [0, 0.1) is 0 Å². The Balaban J connectivity index is 0.00000110. The van der Waals surface area contributed by atoms with Gasteiger partial charge in [-0.1, -0.05) is 23.4 Å². The highest BCUT2D eigenvalue weighted by Gasteiger charge is 2.07. The van der Waals surface area contributed by atoms with Crippen LogP contribution in [0.3, 0.4) is 0 Å². The monoisotopic (exact) mass is 383 g/mol. The average molecular weight is 385 g/mol. The van der Waals surface area contributed by atoms with Crippen molar-refractivity contribution >= 4 is 70.5 Å². The second-order valence-corrected chi connectivity index (χ2v) is 5.93. The molecule has 0 saturated carbocycles. The Morgan fingerprint density at radius 1 is 1.38 bits per heavy atom. The van der Waals surface area contributed by atoms with Gasteiger partial charge in [0.15, 0.2) is 5.16 Å². The van der Waals surface area contributed by atoms with Crippen molar-refractivity contribution in [2.45, 2.75) is 10.9 Å². The second-order valence-electron chi connectivity index (χ2n) is 3.81. The van der Waals surface area contributed by atoms with Gasteiger partial charge in [-0.15, -0.1) is 36.2 Å². The number of hydrogen-bond donors (Lipinski definition) is 1. The van der Waals surface area contributed by atoms with Gasteiger partial charge in [0.1, 0.15) is 16.3 Å². The van der Waals surface area contributed by atoms with Gasteiger partial charge in [-0.05, 0) is 0 Å². The standard InChI is InChI=1S/C12H10ClN3OS2.2ClH/c1-17-11-2-7(14-3-8(11)13)4-19-12-15-9-5-18-6-10(9)16-12;;/h2-3,5-6H,4H2,1H3,(H,15,16);2*1H. The first-order valence-corrected chi connectivity index (χ1v) is 7.80. The number of aromatic amines is 1. The van der Waals surface area contributed by atoms with Crippen LogP contribution in [-0.4, -0.2) is 22.1 Å². The summed E-state index contributed by atoms with van der Waals surface area (Å²) in [5.74, 6) is 1.36. The van der Waals surface area contributed by atoms with Gasteiger partial charge >= 0.3 is 0 Å². The summed E-state index contributed by atoms with van der Waals surface area (Å²) in [4.78, 5) is 12.0. The molecular formula is C12H12Cl3N3OS2. The fourth-order valence-electron chi connectivity index (χ4n) is 1.63. The van der Waals surface area contributed by atoms with Crippen LogP contribution in [0.15, 0.2) is 28.2 Å². The van der Waals surface area contributed by atoms with Crippen molar-refractivity contribution in [1.29, 1.82) is 0 Å². The number of nitrogens with zero attached hydrogens (tertiary/aromatic N) is 2. The summed E-state index contributed by atoms with van der Waals surface area (Å²) >= 11 is 9.19. The Hall–Kier alpha value is -0.660. The van der Waals surface area contributed by atoms with E-state index in [-0.39, 0.29) is 24.8 Å². The number of aromatic nitrogens is 3. The highest BCUT2D eigenvalue weighted by Crippen LogP contribution is 2.28. The molecule has 0 unspecified atom stereocenters. The number of hydrogen-bond acceptors (Lipinski definition) is 5. The Morgan fingerprint density at radius 2 is 2.19 bits per heavy atom. The zero-order valence-electron chi connectivity index (χ0n) is 10.8. The Labute approximate surface area is 147 Å². The van der Waals surface area contributed by atoms with E-state index < -0.39 is 0 Å². The van der Waals surface area contributed by atoms with Crippen molar-refractivity contribution in [3.8, 4) is 5.75 Å². The third-order valence-electron chi connectivity index (χ3n) is 2.56. The molecule has 3 aromatic heterocycles. The van der Waals surface area contributed by atoms with Crippen LogP contribution in [-0.2, 0) is 5.75 Å². The minimum absolute atomic E-state index is 0. The van der Waals surface area contributed by atoms with Crippen LogP contribution in [0.2, 0.25) is 5.02 Å². The minimum Gasteiger partial charge on any atom is -0.495 e. The van der Waals surface area contributed by atoms with Crippen LogP contribution in [0.1, 0.15) is 5.69 Å². The van der Waals surface area contributed by atoms with E-state index in [1.54, 1.807) is 36.4 Å². The molecule has 0 fully saturated rings. The first-order valence-electron chi connectivity index (χ1n) is 5.49. The predicted molar refractivity (Wildman–Crippen MR) is 93.8 cm³/mol. The molecule has 0 aliphatic carbocycles. The number of halogens is 3. The molecule has 0 aliphatic rings. The van der Waals surface area contributed by atoms with Gasteiger partial charge in [-0.2, -0.15) is 0 Å². The number of ether oxygens (including phenoxy) is 1. The molecule has 4 nitrogen and oxygen atoms in total. The van der Waals surface area contributed by atoms with Crippen LogP contribution in [0.4, 0.5) is 0 Å². The first kappa shape index (κ1) is 18.4. The zero-order valence-corrected chi connectivity index (χ0v) is 14.9. The Morgan fingerprint density at radius 3 is 2.90 bits per heavy atom. The number of rotatable bonds is 4. The zero-order chi connectivity index (χ0) is 13.2. The van der Waals surface area contributed by atoms with Gasteiger partial charge in [-0.3, -0.25) is 4.98 Å². The van der Waals surface area contributed by atoms with Crippen molar-refractivity contribution in [3.63, 3.8) is 0 Å². The van der Waals surface area contributed by atoms with Crippen molar-refractivity contribution in [1.82, 2.24) is 15.0 Å². The number of nitrogens with one attached hydrogen (secondary N) is 1. The van der Waals surface area contributed by atoms with Crippen LogP contribution in [0.5, 0.6) is 5.75 Å². The lowest BCUT2D eigenvalue weighted by atomic mass is 10.3. The van der Waals surface area contributed by atoms with Crippen LogP contribution < -0.4 is 4.74 Å². The number of imidazole rings is 1. The molecule has 9 heteroatoms. The minimum atomic E-state index is 0. The third kappa shape index (κ3) is 4.17. The van der Waals surface area contributed by atoms with E-state index in [1.165, 1.54) is 0 Å². The predicted octanol–water partition coefficient (Wildman–Crippen LogP) is 4.82. The number of H-pyrrole nitrogens is 1. The lowest BCUT2D eigenvalue weighted by molar-refractivity contribution is 0.414. The van der Waals surface area contributed by atoms with Gasteiger partial charge in [0.25, 0.3) is 0 Å². The van der Waals surface area contributed by atoms with E-state index in [0.29, 0.717) is 16.5 Å². The molecule has 3 aromatic rings. The van der Waals surface area contributed by atoms with E-state index in [9.17, 15) is 0 Å². The molecule has 0 spiro atoms. The molecule has 0 radical (unpaired) electrons. The Kier molecular flexibility index (Phi) is 7.09. The molecule has 0 aromatic carbocycles. The molecule has 0 bridgehead atoms. The van der Waals surface area contributed by atoms with Crippen molar-refractivity contribution in [2.75, 3.05) is 7.11 Å². The topological polar surface area (TPSA) is 50.8 Å². The summed E-state index contributed by atoms with van der Waals surface area (Å²) in [6.45, 7) is 0. The quantitative estimate of drug-likeness (QED) is 0.655. The lowest BCUT2D eigenvalue weighted by Gasteiger charge is -2.04. The molecule has 21 heavy (non-hydrogen) atoms. The largest absolute Gasteiger partial charge is 0.495 e. The molecule has 0 atom stereocenters. The highest BCUT2D eigenvalue weighted by atomic mass is 35.5. The number of methoxy groups -OCH3 is 1. The molecule has 3 rings (SSSR count). The van der Waals surface area contributed by atoms with E-state index in [1.807, 2.05) is 11.4 Å². The summed E-state index contributed by atoms with van der Waals surface area (Å²) in [6.07, 6.45) is 1.61. The Bertz CT molecular complexity index is 688. The summed E-state index contributed by atoms with van der Waals surface area (Å²) in [5, 5.41) is 5.50. The summed E-state index contributed by atoms with van der Waals surface area (Å²) < 4.78 is 5.17. The molecule has 0 saturated heterocycles. The second kappa shape index (κ2) is 8.10. The maximum atomic E-state index is 5.94. The van der Waals surface area contributed by atoms with Gasteiger partial charge in [0.2, 0.25) is 0 Å². The van der Waals surface area contributed by atoms with Gasteiger partial charge in [0, 0.05) is 28.8 Å². The summed E-state index contributed by atoms with van der Waals surface area (Å²) in [6, 6.07) is 1.85. The normalized spacial score (nSPS) is 10.0. The molecular weight excluding hydrogens is 373 g/mol.